The molecule has 0 spiro atoms. The second-order valence-corrected chi connectivity index (χ2v) is 4.75. The van der Waals surface area contributed by atoms with Crippen molar-refractivity contribution in [3.63, 3.8) is 0 Å². The molecule has 0 saturated heterocycles. The molecule has 1 aromatic carbocycles. The smallest absolute Gasteiger partial charge is 0.00458 e. The summed E-state index contributed by atoms with van der Waals surface area (Å²) in [4.78, 5) is 0. The Balaban J connectivity index is 2.27. The maximum atomic E-state index is 3.43. The van der Waals surface area contributed by atoms with Crippen LogP contribution in [0.2, 0.25) is 0 Å². The third-order valence-electron chi connectivity index (χ3n) is 2.89. The van der Waals surface area contributed by atoms with Crippen molar-refractivity contribution in [1.29, 1.82) is 0 Å². The first-order chi connectivity index (χ1) is 7.74. The van der Waals surface area contributed by atoms with Crippen LogP contribution in [0.5, 0.6) is 0 Å². The van der Waals surface area contributed by atoms with Gasteiger partial charge in [-0.3, -0.25) is 0 Å². The van der Waals surface area contributed by atoms with Crippen LogP contribution in [0.4, 0.5) is 0 Å². The van der Waals surface area contributed by atoms with Crippen molar-refractivity contribution >= 4 is 0 Å². The normalized spacial score (nSPS) is 11.0. The summed E-state index contributed by atoms with van der Waals surface area (Å²) in [5, 5.41) is 3.43. The summed E-state index contributed by atoms with van der Waals surface area (Å²) < 4.78 is 0. The minimum atomic E-state index is 0.639. The SMILES string of the molecule is CCCNCCCc1ccc(C(C)C)cc1. The molecule has 1 heteroatoms. The zero-order valence-corrected chi connectivity index (χ0v) is 10.9. The van der Waals surface area contributed by atoms with Gasteiger partial charge in [-0.25, -0.2) is 0 Å². The van der Waals surface area contributed by atoms with Crippen LogP contribution in [0.25, 0.3) is 0 Å². The van der Waals surface area contributed by atoms with Crippen LogP contribution in [0, 0.1) is 0 Å². The minimum absolute atomic E-state index is 0.639. The molecule has 16 heavy (non-hydrogen) atoms. The van der Waals surface area contributed by atoms with E-state index in [4.69, 9.17) is 0 Å². The van der Waals surface area contributed by atoms with E-state index < -0.39 is 0 Å². The second-order valence-electron chi connectivity index (χ2n) is 4.75. The van der Waals surface area contributed by atoms with Gasteiger partial charge < -0.3 is 5.32 Å². The molecule has 1 N–H and O–H groups in total. The Morgan fingerprint density at radius 2 is 1.75 bits per heavy atom. The van der Waals surface area contributed by atoms with Gasteiger partial charge in [0.05, 0.1) is 0 Å². The fourth-order valence-corrected chi connectivity index (χ4v) is 1.79. The van der Waals surface area contributed by atoms with Crippen molar-refractivity contribution in [2.45, 2.75) is 46.0 Å². The number of nitrogens with one attached hydrogen (secondary N) is 1. The molecule has 0 aliphatic rings. The van der Waals surface area contributed by atoms with E-state index in [1.54, 1.807) is 0 Å². The van der Waals surface area contributed by atoms with Crippen molar-refractivity contribution in [2.24, 2.45) is 0 Å². The molecule has 90 valence electrons. The summed E-state index contributed by atoms with van der Waals surface area (Å²) in [7, 11) is 0. The van der Waals surface area contributed by atoms with Gasteiger partial charge in [0.15, 0.2) is 0 Å². The lowest BCUT2D eigenvalue weighted by atomic mass is 10.0. The zero-order valence-electron chi connectivity index (χ0n) is 10.9. The summed E-state index contributed by atoms with van der Waals surface area (Å²) in [5.74, 6) is 0.639. The third-order valence-corrected chi connectivity index (χ3v) is 2.89. The van der Waals surface area contributed by atoms with Crippen molar-refractivity contribution in [1.82, 2.24) is 5.32 Å². The summed E-state index contributed by atoms with van der Waals surface area (Å²) in [5.41, 5.74) is 2.90. The first-order valence-electron chi connectivity index (χ1n) is 6.53. The van der Waals surface area contributed by atoms with E-state index in [2.05, 4.69) is 50.4 Å². The van der Waals surface area contributed by atoms with Gasteiger partial charge in [-0.1, -0.05) is 45.0 Å². The molecule has 1 aromatic rings. The number of hydrogen-bond acceptors (Lipinski definition) is 1. The molecule has 1 nitrogen and oxygen atoms in total. The Kier molecular flexibility index (Phi) is 6.17. The summed E-state index contributed by atoms with van der Waals surface area (Å²) >= 11 is 0. The number of benzene rings is 1. The highest BCUT2D eigenvalue weighted by Crippen LogP contribution is 2.15. The molecular formula is C15H25N. The molecule has 0 unspecified atom stereocenters. The van der Waals surface area contributed by atoms with Crippen LogP contribution in [-0.4, -0.2) is 13.1 Å². The summed E-state index contributed by atoms with van der Waals surface area (Å²) in [6.07, 6.45) is 3.65. The summed E-state index contributed by atoms with van der Waals surface area (Å²) in [6, 6.07) is 9.07. The average molecular weight is 219 g/mol. The van der Waals surface area contributed by atoms with Gasteiger partial charge in [0.2, 0.25) is 0 Å². The molecule has 0 aromatic heterocycles. The van der Waals surface area contributed by atoms with Gasteiger partial charge >= 0.3 is 0 Å². The molecule has 0 atom stereocenters. The molecule has 0 bridgehead atoms. The van der Waals surface area contributed by atoms with E-state index in [1.807, 2.05) is 0 Å². The first-order valence-corrected chi connectivity index (χ1v) is 6.53. The number of aryl methyl sites for hydroxylation is 1. The van der Waals surface area contributed by atoms with Crippen LogP contribution in [-0.2, 0) is 6.42 Å². The van der Waals surface area contributed by atoms with E-state index in [-0.39, 0.29) is 0 Å². The van der Waals surface area contributed by atoms with Crippen LogP contribution in [0.3, 0.4) is 0 Å². The molecule has 0 aliphatic heterocycles. The largest absolute Gasteiger partial charge is 0.317 e. The Bertz CT molecular complexity index is 274. The topological polar surface area (TPSA) is 12.0 Å². The van der Waals surface area contributed by atoms with E-state index in [0.29, 0.717) is 5.92 Å². The van der Waals surface area contributed by atoms with Crippen molar-refractivity contribution < 1.29 is 0 Å². The van der Waals surface area contributed by atoms with Crippen molar-refractivity contribution in [2.75, 3.05) is 13.1 Å². The monoisotopic (exact) mass is 219 g/mol. The molecular weight excluding hydrogens is 194 g/mol. The lowest BCUT2D eigenvalue weighted by molar-refractivity contribution is 0.640. The molecule has 0 radical (unpaired) electrons. The van der Waals surface area contributed by atoms with Crippen LogP contribution < -0.4 is 5.32 Å². The van der Waals surface area contributed by atoms with E-state index >= 15 is 0 Å². The van der Waals surface area contributed by atoms with Gasteiger partial charge in [-0.05, 0) is 49.4 Å². The number of rotatable bonds is 7. The minimum Gasteiger partial charge on any atom is -0.317 e. The standard InChI is InChI=1S/C15H25N/c1-4-11-16-12-5-6-14-7-9-15(10-8-14)13(2)3/h7-10,13,16H,4-6,11-12H2,1-3H3. The summed E-state index contributed by atoms with van der Waals surface area (Å²) in [6.45, 7) is 8.97. The van der Waals surface area contributed by atoms with E-state index in [9.17, 15) is 0 Å². The van der Waals surface area contributed by atoms with Crippen molar-refractivity contribution in [3.05, 3.63) is 35.4 Å². The Labute approximate surface area is 100 Å². The fourth-order valence-electron chi connectivity index (χ4n) is 1.79. The average Bonchev–Trinajstić information content (AvgIpc) is 2.29. The highest BCUT2D eigenvalue weighted by molar-refractivity contribution is 5.24. The number of hydrogen-bond donors (Lipinski definition) is 1. The molecule has 0 fully saturated rings. The maximum absolute atomic E-state index is 3.43. The molecule has 1 rings (SSSR count). The highest BCUT2D eigenvalue weighted by Gasteiger charge is 1.98. The first kappa shape index (κ1) is 13.2. The Morgan fingerprint density at radius 3 is 2.31 bits per heavy atom. The zero-order chi connectivity index (χ0) is 11.8. The van der Waals surface area contributed by atoms with E-state index in [0.717, 1.165) is 13.1 Å². The third kappa shape index (κ3) is 4.80. The van der Waals surface area contributed by atoms with Crippen molar-refractivity contribution in [3.8, 4) is 0 Å². The maximum Gasteiger partial charge on any atom is -0.00458 e. The van der Waals surface area contributed by atoms with Crippen LogP contribution in [0.1, 0.15) is 50.7 Å². The fraction of sp³-hybridized carbons (Fsp3) is 0.600. The van der Waals surface area contributed by atoms with Gasteiger partial charge in [-0.15, -0.1) is 0 Å². The quantitative estimate of drug-likeness (QED) is 0.689. The van der Waals surface area contributed by atoms with Gasteiger partial charge in [-0.2, -0.15) is 0 Å². The lowest BCUT2D eigenvalue weighted by Gasteiger charge is -2.07. The van der Waals surface area contributed by atoms with Crippen LogP contribution >= 0.6 is 0 Å². The Morgan fingerprint density at radius 1 is 1.06 bits per heavy atom. The van der Waals surface area contributed by atoms with Crippen LogP contribution in [0.15, 0.2) is 24.3 Å². The predicted octanol–water partition coefficient (Wildman–Crippen LogP) is 3.74. The molecule has 0 heterocycles. The lowest BCUT2D eigenvalue weighted by Crippen LogP contribution is -2.16. The molecule has 0 saturated carbocycles. The highest BCUT2D eigenvalue weighted by atomic mass is 14.8. The van der Waals surface area contributed by atoms with Gasteiger partial charge in [0, 0.05) is 0 Å². The Hall–Kier alpha value is -0.820. The molecule has 0 amide bonds. The van der Waals surface area contributed by atoms with E-state index in [1.165, 1.54) is 30.4 Å². The van der Waals surface area contributed by atoms with Gasteiger partial charge in [0.25, 0.3) is 0 Å². The predicted molar refractivity (Wildman–Crippen MR) is 72.0 cm³/mol. The molecule has 0 aliphatic carbocycles. The van der Waals surface area contributed by atoms with Gasteiger partial charge in [0.1, 0.15) is 0 Å². The second kappa shape index (κ2) is 7.45.